The fourth-order valence-electron chi connectivity index (χ4n) is 3.85. The minimum absolute atomic E-state index is 0.00200. The molecule has 27 heavy (non-hydrogen) atoms. The Kier molecular flexibility index (Phi) is 4.67. The third kappa shape index (κ3) is 3.45. The number of likely N-dealkylation sites (tertiary alicyclic amines) is 1. The molecule has 0 saturated carbocycles. The van der Waals surface area contributed by atoms with Crippen molar-refractivity contribution in [3.63, 3.8) is 0 Å². The molecule has 1 unspecified atom stereocenters. The van der Waals surface area contributed by atoms with Crippen molar-refractivity contribution in [1.29, 1.82) is 0 Å². The number of carbonyl (C=O) groups is 2. The van der Waals surface area contributed by atoms with Crippen LogP contribution in [0.25, 0.3) is 10.9 Å². The van der Waals surface area contributed by atoms with Gasteiger partial charge in [-0.2, -0.15) is 0 Å². The van der Waals surface area contributed by atoms with Crippen molar-refractivity contribution >= 4 is 28.4 Å². The zero-order valence-corrected chi connectivity index (χ0v) is 15.4. The van der Waals surface area contributed by atoms with E-state index in [-0.39, 0.29) is 17.7 Å². The molecular weight excluding hydrogens is 338 g/mol. The van der Waals surface area contributed by atoms with Crippen molar-refractivity contribution < 1.29 is 9.59 Å². The molecule has 3 aromatic rings. The van der Waals surface area contributed by atoms with Gasteiger partial charge in [0.05, 0.1) is 11.5 Å². The highest BCUT2D eigenvalue weighted by Gasteiger charge is 2.30. The number of rotatable bonds is 3. The first-order chi connectivity index (χ1) is 13.1. The molecule has 1 aliphatic rings. The summed E-state index contributed by atoms with van der Waals surface area (Å²) in [6.07, 6.45) is 1.63. The third-order valence-corrected chi connectivity index (χ3v) is 5.23. The Morgan fingerprint density at radius 3 is 2.63 bits per heavy atom. The second-order valence-electron chi connectivity index (χ2n) is 7.12. The normalized spacial score (nSPS) is 17.1. The van der Waals surface area contributed by atoms with Crippen molar-refractivity contribution in [3.05, 3.63) is 65.9 Å². The number of nitrogens with one attached hydrogen (secondary N) is 2. The van der Waals surface area contributed by atoms with Crippen LogP contribution in [0.15, 0.2) is 54.6 Å². The van der Waals surface area contributed by atoms with Gasteiger partial charge in [-0.15, -0.1) is 0 Å². The molecular formula is C22H23N3O2. The molecule has 1 atom stereocenters. The maximum Gasteiger partial charge on any atom is 0.256 e. The average molecular weight is 361 g/mol. The van der Waals surface area contributed by atoms with Crippen LogP contribution in [-0.4, -0.2) is 34.8 Å². The first-order valence-electron chi connectivity index (χ1n) is 9.36. The Bertz CT molecular complexity index is 978. The number of benzene rings is 2. The fourth-order valence-corrected chi connectivity index (χ4v) is 3.85. The largest absolute Gasteiger partial charge is 0.358 e. The SMILES string of the molecule is Cc1[nH]c2ccccc2c1C(=O)N1CCCC(C(=O)Nc2ccccc2)C1. The van der Waals surface area contributed by atoms with Crippen LogP contribution in [0.5, 0.6) is 0 Å². The second-order valence-corrected chi connectivity index (χ2v) is 7.12. The Balaban J connectivity index is 1.51. The van der Waals surface area contributed by atoms with Gasteiger partial charge in [-0.3, -0.25) is 9.59 Å². The van der Waals surface area contributed by atoms with Crippen LogP contribution < -0.4 is 5.32 Å². The summed E-state index contributed by atoms with van der Waals surface area (Å²) in [4.78, 5) is 31.0. The van der Waals surface area contributed by atoms with Crippen molar-refractivity contribution in [2.24, 2.45) is 5.92 Å². The highest BCUT2D eigenvalue weighted by molar-refractivity contribution is 6.08. The van der Waals surface area contributed by atoms with Gasteiger partial charge in [0.25, 0.3) is 5.91 Å². The van der Waals surface area contributed by atoms with Crippen LogP contribution in [0, 0.1) is 12.8 Å². The summed E-state index contributed by atoms with van der Waals surface area (Å²) in [5.41, 5.74) is 3.35. The van der Waals surface area contributed by atoms with Gasteiger partial charge in [0.15, 0.2) is 0 Å². The van der Waals surface area contributed by atoms with Gasteiger partial charge in [0.2, 0.25) is 5.91 Å². The monoisotopic (exact) mass is 361 g/mol. The zero-order chi connectivity index (χ0) is 18.8. The number of H-pyrrole nitrogens is 1. The minimum Gasteiger partial charge on any atom is -0.358 e. The van der Waals surface area contributed by atoms with E-state index in [1.165, 1.54) is 0 Å². The summed E-state index contributed by atoms with van der Waals surface area (Å²) in [7, 11) is 0. The molecule has 1 fully saturated rings. The number of fused-ring (bicyclic) bond motifs is 1. The zero-order valence-electron chi connectivity index (χ0n) is 15.4. The molecule has 0 bridgehead atoms. The molecule has 1 saturated heterocycles. The molecule has 5 heteroatoms. The summed E-state index contributed by atoms with van der Waals surface area (Å²) in [5, 5.41) is 3.90. The standard InChI is InChI=1S/C22H23N3O2/c1-15-20(18-11-5-6-12-19(18)23-15)22(27)25-13-7-8-16(14-25)21(26)24-17-9-3-2-4-10-17/h2-6,9-12,16,23H,7-8,13-14H2,1H3,(H,24,26). The predicted octanol–water partition coefficient (Wildman–Crippen LogP) is 3.97. The van der Waals surface area contributed by atoms with Gasteiger partial charge in [-0.05, 0) is 38.0 Å². The maximum atomic E-state index is 13.2. The van der Waals surface area contributed by atoms with Crippen LogP contribution in [0.4, 0.5) is 5.69 Å². The Hall–Kier alpha value is -3.08. The van der Waals surface area contributed by atoms with Crippen molar-refractivity contribution in [2.75, 3.05) is 18.4 Å². The number of nitrogens with zero attached hydrogens (tertiary/aromatic N) is 1. The Morgan fingerprint density at radius 2 is 1.81 bits per heavy atom. The van der Waals surface area contributed by atoms with E-state index in [9.17, 15) is 9.59 Å². The van der Waals surface area contributed by atoms with Gasteiger partial charge >= 0.3 is 0 Å². The summed E-state index contributed by atoms with van der Waals surface area (Å²) in [5.74, 6) is -0.204. The van der Waals surface area contributed by atoms with Crippen molar-refractivity contribution in [2.45, 2.75) is 19.8 Å². The van der Waals surface area contributed by atoms with Gasteiger partial charge in [0, 0.05) is 35.4 Å². The first-order valence-corrected chi connectivity index (χ1v) is 9.36. The van der Waals surface area contributed by atoms with Gasteiger partial charge in [0.1, 0.15) is 0 Å². The first kappa shape index (κ1) is 17.3. The number of piperidine rings is 1. The van der Waals surface area contributed by atoms with Crippen molar-refractivity contribution in [1.82, 2.24) is 9.88 Å². The van der Waals surface area contributed by atoms with Gasteiger partial charge in [-0.1, -0.05) is 36.4 Å². The molecule has 0 aliphatic carbocycles. The summed E-state index contributed by atoms with van der Waals surface area (Å²) in [6.45, 7) is 3.07. The van der Waals surface area contributed by atoms with E-state index < -0.39 is 0 Å². The summed E-state index contributed by atoms with van der Waals surface area (Å²) >= 11 is 0. The number of anilines is 1. The van der Waals surface area contributed by atoms with E-state index >= 15 is 0 Å². The third-order valence-electron chi connectivity index (χ3n) is 5.23. The van der Waals surface area contributed by atoms with Crippen LogP contribution in [0.2, 0.25) is 0 Å². The highest BCUT2D eigenvalue weighted by Crippen LogP contribution is 2.26. The second kappa shape index (κ2) is 7.27. The summed E-state index contributed by atoms with van der Waals surface area (Å²) in [6, 6.07) is 17.3. The van der Waals surface area contributed by atoms with E-state index in [2.05, 4.69) is 10.3 Å². The van der Waals surface area contributed by atoms with Crippen LogP contribution in [0.3, 0.4) is 0 Å². The van der Waals surface area contributed by atoms with E-state index in [0.29, 0.717) is 13.1 Å². The van der Waals surface area contributed by atoms with Crippen LogP contribution in [-0.2, 0) is 4.79 Å². The number of carbonyl (C=O) groups excluding carboxylic acids is 2. The number of hydrogen-bond donors (Lipinski definition) is 2. The number of aromatic amines is 1. The molecule has 1 aliphatic heterocycles. The number of amides is 2. The average Bonchev–Trinajstić information content (AvgIpc) is 3.04. The minimum atomic E-state index is -0.187. The maximum absolute atomic E-state index is 13.2. The molecule has 2 aromatic carbocycles. The van der Waals surface area contributed by atoms with Crippen LogP contribution in [0.1, 0.15) is 28.9 Å². The smallest absolute Gasteiger partial charge is 0.256 e. The van der Waals surface area contributed by atoms with E-state index in [4.69, 9.17) is 0 Å². The Labute approximate surface area is 158 Å². The van der Waals surface area contributed by atoms with E-state index in [1.807, 2.05) is 66.4 Å². The molecule has 2 heterocycles. The van der Waals surface area contributed by atoms with Gasteiger partial charge in [-0.25, -0.2) is 0 Å². The number of para-hydroxylation sites is 2. The quantitative estimate of drug-likeness (QED) is 0.741. The lowest BCUT2D eigenvalue weighted by atomic mass is 9.96. The Morgan fingerprint density at radius 1 is 1.07 bits per heavy atom. The highest BCUT2D eigenvalue weighted by atomic mass is 16.2. The molecule has 0 radical (unpaired) electrons. The molecule has 138 valence electrons. The number of aromatic nitrogens is 1. The van der Waals surface area contributed by atoms with Gasteiger partial charge < -0.3 is 15.2 Å². The molecule has 2 amide bonds. The van der Waals surface area contributed by atoms with E-state index in [1.54, 1.807) is 0 Å². The molecule has 2 N–H and O–H groups in total. The lowest BCUT2D eigenvalue weighted by Crippen LogP contribution is -2.43. The van der Waals surface area contributed by atoms with Crippen LogP contribution >= 0.6 is 0 Å². The lowest BCUT2D eigenvalue weighted by molar-refractivity contribution is -0.121. The molecule has 1 aromatic heterocycles. The predicted molar refractivity (Wildman–Crippen MR) is 107 cm³/mol. The molecule has 4 rings (SSSR count). The molecule has 0 spiro atoms. The lowest BCUT2D eigenvalue weighted by Gasteiger charge is -2.32. The van der Waals surface area contributed by atoms with E-state index in [0.717, 1.165) is 40.7 Å². The van der Waals surface area contributed by atoms with Crippen molar-refractivity contribution in [3.8, 4) is 0 Å². The number of hydrogen-bond acceptors (Lipinski definition) is 2. The summed E-state index contributed by atoms with van der Waals surface area (Å²) < 4.78 is 0. The molecule has 5 nitrogen and oxygen atoms in total. The number of aryl methyl sites for hydroxylation is 1. The fraction of sp³-hybridized carbons (Fsp3) is 0.273. The topological polar surface area (TPSA) is 65.2 Å².